The summed E-state index contributed by atoms with van der Waals surface area (Å²) in [6.45, 7) is 3.68. The van der Waals surface area contributed by atoms with Crippen LogP contribution in [-0.4, -0.2) is 18.9 Å². The molecule has 132 valence electrons. The predicted octanol–water partition coefficient (Wildman–Crippen LogP) is 5.54. The van der Waals surface area contributed by atoms with Gasteiger partial charge in [-0.1, -0.05) is 76.9 Å². The van der Waals surface area contributed by atoms with Crippen LogP contribution in [-0.2, 0) is 14.3 Å². The molecule has 0 aliphatic heterocycles. The Morgan fingerprint density at radius 3 is 1.87 bits per heavy atom. The van der Waals surface area contributed by atoms with Gasteiger partial charge in [0.15, 0.2) is 5.78 Å². The van der Waals surface area contributed by atoms with E-state index >= 15 is 0 Å². The molecule has 0 bridgehead atoms. The highest BCUT2D eigenvalue weighted by molar-refractivity contribution is 6.00. The van der Waals surface area contributed by atoms with Crippen molar-refractivity contribution in [1.82, 2.24) is 0 Å². The smallest absolute Gasteiger partial charge is 0.337 e. The number of methoxy groups -OCH3 is 1. The fourth-order valence-electron chi connectivity index (χ4n) is 2.47. The number of rotatable bonds is 14. The molecule has 3 nitrogen and oxygen atoms in total. The van der Waals surface area contributed by atoms with Crippen LogP contribution in [0.15, 0.2) is 23.8 Å². The Hall–Kier alpha value is -1.38. The molecule has 0 atom stereocenters. The summed E-state index contributed by atoms with van der Waals surface area (Å²) in [6.07, 6.45) is 19.1. The second-order valence-corrected chi connectivity index (χ2v) is 6.07. The van der Waals surface area contributed by atoms with E-state index in [4.69, 9.17) is 0 Å². The summed E-state index contributed by atoms with van der Waals surface area (Å²) < 4.78 is 4.66. The summed E-state index contributed by atoms with van der Waals surface area (Å²) in [4.78, 5) is 22.6. The SMILES string of the molecule is CCCCCCCCCCCC/C=C/C(=C/C(C)=O)C(=O)OC. The first-order valence-corrected chi connectivity index (χ1v) is 9.09. The molecule has 0 unspecified atom stereocenters. The normalized spacial score (nSPS) is 11.9. The first-order valence-electron chi connectivity index (χ1n) is 9.09. The Labute approximate surface area is 142 Å². The molecular weight excluding hydrogens is 288 g/mol. The van der Waals surface area contributed by atoms with Gasteiger partial charge in [0.25, 0.3) is 0 Å². The van der Waals surface area contributed by atoms with E-state index in [0.29, 0.717) is 5.57 Å². The van der Waals surface area contributed by atoms with Crippen molar-refractivity contribution in [3.63, 3.8) is 0 Å². The number of carbonyl (C=O) groups is 2. The molecule has 0 fully saturated rings. The van der Waals surface area contributed by atoms with Crippen LogP contribution in [0.1, 0.15) is 84.5 Å². The van der Waals surface area contributed by atoms with Crippen LogP contribution in [0.4, 0.5) is 0 Å². The summed E-state index contributed by atoms with van der Waals surface area (Å²) in [7, 11) is 1.33. The standard InChI is InChI=1S/C20H34O3/c1-4-5-6-7-8-9-10-11-12-13-14-15-16-19(17-18(2)21)20(22)23-3/h15-17H,4-14H2,1-3H3/b16-15+,19-17-. The van der Waals surface area contributed by atoms with Gasteiger partial charge in [-0.2, -0.15) is 0 Å². The minimum Gasteiger partial charge on any atom is -0.465 e. The maximum Gasteiger partial charge on any atom is 0.337 e. The Balaban J connectivity index is 3.69. The Morgan fingerprint density at radius 2 is 1.39 bits per heavy atom. The summed E-state index contributed by atoms with van der Waals surface area (Å²) in [6, 6.07) is 0. The van der Waals surface area contributed by atoms with Crippen molar-refractivity contribution in [1.29, 1.82) is 0 Å². The maximum atomic E-state index is 11.5. The monoisotopic (exact) mass is 322 g/mol. The van der Waals surface area contributed by atoms with E-state index in [1.165, 1.54) is 77.9 Å². The molecule has 0 saturated carbocycles. The molecule has 0 N–H and O–H groups in total. The number of ether oxygens (including phenoxy) is 1. The lowest BCUT2D eigenvalue weighted by Gasteiger charge is -2.01. The van der Waals surface area contributed by atoms with Gasteiger partial charge < -0.3 is 4.74 Å². The molecule has 0 amide bonds. The van der Waals surface area contributed by atoms with Gasteiger partial charge in [-0.15, -0.1) is 0 Å². The van der Waals surface area contributed by atoms with Gasteiger partial charge in [-0.25, -0.2) is 4.79 Å². The average molecular weight is 322 g/mol. The van der Waals surface area contributed by atoms with Gasteiger partial charge in [0, 0.05) is 0 Å². The summed E-state index contributed by atoms with van der Waals surface area (Å²) in [5.74, 6) is -0.603. The highest BCUT2D eigenvalue weighted by atomic mass is 16.5. The number of ketones is 1. The molecule has 0 saturated heterocycles. The third-order valence-corrected chi connectivity index (χ3v) is 3.80. The van der Waals surface area contributed by atoms with Crippen molar-refractivity contribution in [2.24, 2.45) is 0 Å². The fraction of sp³-hybridized carbons (Fsp3) is 0.700. The highest BCUT2D eigenvalue weighted by Crippen LogP contribution is 2.11. The molecule has 0 rings (SSSR count). The minimum atomic E-state index is -0.459. The predicted molar refractivity (Wildman–Crippen MR) is 96.4 cm³/mol. The van der Waals surface area contributed by atoms with Crippen molar-refractivity contribution < 1.29 is 14.3 Å². The quantitative estimate of drug-likeness (QED) is 0.182. The average Bonchev–Trinajstić information content (AvgIpc) is 2.53. The zero-order chi connectivity index (χ0) is 17.3. The van der Waals surface area contributed by atoms with E-state index in [-0.39, 0.29) is 5.78 Å². The lowest BCUT2D eigenvalue weighted by Crippen LogP contribution is -2.04. The molecule has 0 aromatic carbocycles. The van der Waals surface area contributed by atoms with Crippen LogP contribution in [0.2, 0.25) is 0 Å². The lowest BCUT2D eigenvalue weighted by molar-refractivity contribution is -0.135. The molecule has 3 heteroatoms. The molecule has 0 radical (unpaired) electrons. The second-order valence-electron chi connectivity index (χ2n) is 6.07. The molecule has 0 heterocycles. The molecule has 0 aromatic rings. The van der Waals surface area contributed by atoms with E-state index in [9.17, 15) is 9.59 Å². The van der Waals surface area contributed by atoms with Crippen molar-refractivity contribution in [3.8, 4) is 0 Å². The Morgan fingerprint density at radius 1 is 0.870 bits per heavy atom. The Kier molecular flexibility index (Phi) is 14.6. The molecule has 0 aliphatic carbocycles. The third-order valence-electron chi connectivity index (χ3n) is 3.80. The number of hydrogen-bond donors (Lipinski definition) is 0. The largest absolute Gasteiger partial charge is 0.465 e. The van der Waals surface area contributed by atoms with Gasteiger partial charge in [0.2, 0.25) is 0 Å². The minimum absolute atomic E-state index is 0.144. The van der Waals surface area contributed by atoms with Crippen LogP contribution >= 0.6 is 0 Å². The van der Waals surface area contributed by atoms with Crippen molar-refractivity contribution in [2.75, 3.05) is 7.11 Å². The van der Waals surface area contributed by atoms with Crippen LogP contribution in [0.25, 0.3) is 0 Å². The summed E-state index contributed by atoms with van der Waals surface area (Å²) in [5.41, 5.74) is 0.326. The first-order chi connectivity index (χ1) is 11.1. The van der Waals surface area contributed by atoms with Crippen molar-refractivity contribution in [2.45, 2.75) is 84.5 Å². The van der Waals surface area contributed by atoms with Gasteiger partial charge in [-0.05, 0) is 25.8 Å². The van der Waals surface area contributed by atoms with E-state index in [1.807, 2.05) is 6.08 Å². The third kappa shape index (κ3) is 14.0. The number of esters is 1. The highest BCUT2D eigenvalue weighted by Gasteiger charge is 2.06. The number of allylic oxidation sites excluding steroid dienone is 2. The van der Waals surface area contributed by atoms with Crippen LogP contribution < -0.4 is 0 Å². The molecule has 0 aromatic heterocycles. The van der Waals surface area contributed by atoms with Crippen molar-refractivity contribution in [3.05, 3.63) is 23.8 Å². The van der Waals surface area contributed by atoms with E-state index < -0.39 is 5.97 Å². The lowest BCUT2D eigenvalue weighted by atomic mass is 10.1. The molecule has 23 heavy (non-hydrogen) atoms. The van der Waals surface area contributed by atoms with Crippen LogP contribution in [0.5, 0.6) is 0 Å². The molecular formula is C20H34O3. The number of unbranched alkanes of at least 4 members (excludes halogenated alkanes) is 10. The fourth-order valence-corrected chi connectivity index (χ4v) is 2.47. The molecule has 0 spiro atoms. The summed E-state index contributed by atoms with van der Waals surface area (Å²) in [5, 5.41) is 0. The van der Waals surface area contributed by atoms with Gasteiger partial charge in [-0.3, -0.25) is 4.79 Å². The number of carbonyl (C=O) groups excluding carboxylic acids is 2. The maximum absolute atomic E-state index is 11.5. The summed E-state index contributed by atoms with van der Waals surface area (Å²) >= 11 is 0. The van der Waals surface area contributed by atoms with E-state index in [2.05, 4.69) is 11.7 Å². The second kappa shape index (κ2) is 15.5. The zero-order valence-electron chi connectivity index (χ0n) is 15.2. The van der Waals surface area contributed by atoms with Crippen LogP contribution in [0.3, 0.4) is 0 Å². The topological polar surface area (TPSA) is 43.4 Å². The van der Waals surface area contributed by atoms with Gasteiger partial charge >= 0.3 is 5.97 Å². The van der Waals surface area contributed by atoms with Crippen molar-refractivity contribution >= 4 is 11.8 Å². The van der Waals surface area contributed by atoms with Gasteiger partial charge in [0.1, 0.15) is 0 Å². The van der Waals surface area contributed by atoms with E-state index in [0.717, 1.165) is 12.8 Å². The Bertz CT molecular complexity index is 380. The number of hydrogen-bond acceptors (Lipinski definition) is 3. The molecule has 0 aliphatic rings. The van der Waals surface area contributed by atoms with Crippen LogP contribution in [0, 0.1) is 0 Å². The zero-order valence-corrected chi connectivity index (χ0v) is 15.2. The van der Waals surface area contributed by atoms with Gasteiger partial charge in [0.05, 0.1) is 12.7 Å². The first kappa shape index (κ1) is 21.6. The van der Waals surface area contributed by atoms with E-state index in [1.54, 1.807) is 6.08 Å².